The minimum atomic E-state index is -0.486. The second kappa shape index (κ2) is 13.8. The lowest BCUT2D eigenvalue weighted by Gasteiger charge is -2.29. The number of hydrogen-bond acceptors (Lipinski definition) is 5. The van der Waals surface area contributed by atoms with Crippen molar-refractivity contribution in [2.75, 3.05) is 6.61 Å². The van der Waals surface area contributed by atoms with Gasteiger partial charge in [-0.2, -0.15) is 5.26 Å². The SMILES string of the molecule is N#C[C@@H]1[C@H](OCc2ccccc2)[C@@H](OCc2ccccc2)[C@@H](COCc2ccccc2)N1Cc1ccccc1. The molecule has 0 spiro atoms. The third-order valence-corrected chi connectivity index (χ3v) is 7.11. The van der Waals surface area contributed by atoms with Gasteiger partial charge in [-0.05, 0) is 22.3 Å². The van der Waals surface area contributed by atoms with E-state index >= 15 is 0 Å². The second-order valence-electron chi connectivity index (χ2n) is 9.82. The molecule has 1 heterocycles. The van der Waals surface area contributed by atoms with E-state index < -0.39 is 12.1 Å². The number of nitrogens with zero attached hydrogens (tertiary/aromatic N) is 2. The molecule has 0 aromatic heterocycles. The quantitative estimate of drug-likeness (QED) is 0.225. The van der Waals surface area contributed by atoms with E-state index in [1.807, 2.05) is 84.9 Å². The molecule has 1 aliphatic heterocycles. The van der Waals surface area contributed by atoms with E-state index in [1.54, 1.807) is 0 Å². The molecule has 198 valence electrons. The van der Waals surface area contributed by atoms with Crippen molar-refractivity contribution in [3.8, 4) is 6.07 Å². The van der Waals surface area contributed by atoms with Crippen LogP contribution in [0.5, 0.6) is 0 Å². The van der Waals surface area contributed by atoms with Crippen LogP contribution in [0.2, 0.25) is 0 Å². The highest BCUT2D eigenvalue weighted by Crippen LogP contribution is 2.33. The van der Waals surface area contributed by atoms with Gasteiger partial charge in [0.15, 0.2) is 0 Å². The maximum absolute atomic E-state index is 10.4. The zero-order valence-corrected chi connectivity index (χ0v) is 22.0. The predicted molar refractivity (Wildman–Crippen MR) is 151 cm³/mol. The largest absolute Gasteiger partial charge is 0.375 e. The van der Waals surface area contributed by atoms with Crippen molar-refractivity contribution in [3.05, 3.63) is 144 Å². The highest BCUT2D eigenvalue weighted by atomic mass is 16.5. The van der Waals surface area contributed by atoms with Gasteiger partial charge < -0.3 is 14.2 Å². The van der Waals surface area contributed by atoms with E-state index in [0.29, 0.717) is 33.0 Å². The standard InChI is InChI=1S/C34H34N2O3/c35-21-31-33(38-24-29-17-9-3-10-18-29)34(39-25-30-19-11-4-12-20-30)32(26-37-23-28-15-7-2-8-16-28)36(31)22-27-13-5-1-6-14-27/h1-20,31-34H,22-26H2/t31-,32-,33+,34+/m1/s1. The molecular weight excluding hydrogens is 484 g/mol. The first-order valence-electron chi connectivity index (χ1n) is 13.4. The molecule has 4 aromatic carbocycles. The number of likely N-dealkylation sites (tertiary alicyclic amines) is 1. The third kappa shape index (κ3) is 7.20. The molecule has 5 nitrogen and oxygen atoms in total. The molecule has 1 aliphatic rings. The van der Waals surface area contributed by atoms with Crippen molar-refractivity contribution >= 4 is 0 Å². The lowest BCUT2D eigenvalue weighted by molar-refractivity contribution is -0.0842. The van der Waals surface area contributed by atoms with E-state index in [2.05, 4.69) is 47.4 Å². The molecule has 4 aromatic rings. The molecule has 1 fully saturated rings. The summed E-state index contributed by atoms with van der Waals surface area (Å²) < 4.78 is 19.4. The highest BCUT2D eigenvalue weighted by molar-refractivity contribution is 5.20. The van der Waals surface area contributed by atoms with Crippen LogP contribution < -0.4 is 0 Å². The summed E-state index contributed by atoms with van der Waals surface area (Å²) in [6.45, 7) is 2.36. The van der Waals surface area contributed by atoms with Gasteiger partial charge in [0.25, 0.3) is 0 Å². The molecule has 1 saturated heterocycles. The van der Waals surface area contributed by atoms with E-state index in [9.17, 15) is 5.26 Å². The zero-order valence-electron chi connectivity index (χ0n) is 22.0. The summed E-state index contributed by atoms with van der Waals surface area (Å²) in [5.41, 5.74) is 4.39. The van der Waals surface area contributed by atoms with Gasteiger partial charge in [-0.1, -0.05) is 121 Å². The summed E-state index contributed by atoms with van der Waals surface area (Å²) in [4.78, 5) is 2.20. The summed E-state index contributed by atoms with van der Waals surface area (Å²) >= 11 is 0. The lowest BCUT2D eigenvalue weighted by atomic mass is 10.1. The van der Waals surface area contributed by atoms with Crippen LogP contribution in [0.15, 0.2) is 121 Å². The first kappa shape index (κ1) is 26.8. The second-order valence-corrected chi connectivity index (χ2v) is 9.82. The van der Waals surface area contributed by atoms with Crippen molar-refractivity contribution in [2.24, 2.45) is 0 Å². The normalized spacial score (nSPS) is 21.0. The summed E-state index contributed by atoms with van der Waals surface area (Å²) in [5, 5.41) is 10.4. The van der Waals surface area contributed by atoms with Crippen molar-refractivity contribution < 1.29 is 14.2 Å². The minimum absolute atomic E-state index is 0.164. The Morgan fingerprint density at radius 1 is 0.564 bits per heavy atom. The van der Waals surface area contributed by atoms with Gasteiger partial charge in [0.05, 0.1) is 38.5 Å². The van der Waals surface area contributed by atoms with Gasteiger partial charge >= 0.3 is 0 Å². The first-order valence-corrected chi connectivity index (χ1v) is 13.4. The Bertz CT molecular complexity index is 1300. The Morgan fingerprint density at radius 3 is 1.49 bits per heavy atom. The van der Waals surface area contributed by atoms with Crippen molar-refractivity contribution in [1.29, 1.82) is 5.26 Å². The van der Waals surface area contributed by atoms with E-state index in [0.717, 1.165) is 22.3 Å². The molecule has 0 amide bonds. The van der Waals surface area contributed by atoms with Crippen LogP contribution in [-0.4, -0.2) is 35.8 Å². The number of rotatable bonds is 12. The molecule has 5 heteroatoms. The Labute approximate surface area is 231 Å². The third-order valence-electron chi connectivity index (χ3n) is 7.11. The molecule has 0 saturated carbocycles. The summed E-state index contributed by atoms with van der Waals surface area (Å²) in [6, 6.07) is 42.5. The molecule has 0 aliphatic carbocycles. The predicted octanol–water partition coefficient (Wildman–Crippen LogP) is 6.15. The van der Waals surface area contributed by atoms with Gasteiger partial charge in [0.2, 0.25) is 0 Å². The molecule has 0 bridgehead atoms. The number of ether oxygens (including phenoxy) is 3. The van der Waals surface area contributed by atoms with E-state index in [-0.39, 0.29) is 12.1 Å². The van der Waals surface area contributed by atoms with Gasteiger partial charge in [0.1, 0.15) is 18.2 Å². The van der Waals surface area contributed by atoms with Crippen molar-refractivity contribution in [3.63, 3.8) is 0 Å². The van der Waals surface area contributed by atoms with Crippen LogP contribution in [0.3, 0.4) is 0 Å². The minimum Gasteiger partial charge on any atom is -0.375 e. The van der Waals surface area contributed by atoms with Gasteiger partial charge in [-0.15, -0.1) is 0 Å². The average Bonchev–Trinajstić information content (AvgIpc) is 3.27. The van der Waals surface area contributed by atoms with Crippen LogP contribution in [0, 0.1) is 11.3 Å². The maximum atomic E-state index is 10.4. The van der Waals surface area contributed by atoms with Crippen LogP contribution >= 0.6 is 0 Å². The van der Waals surface area contributed by atoms with E-state index in [1.165, 1.54) is 0 Å². The van der Waals surface area contributed by atoms with Crippen LogP contribution in [0.25, 0.3) is 0 Å². The molecule has 0 N–H and O–H groups in total. The highest BCUT2D eigenvalue weighted by Gasteiger charge is 2.51. The fraction of sp³-hybridized carbons (Fsp3) is 0.265. The van der Waals surface area contributed by atoms with E-state index in [4.69, 9.17) is 14.2 Å². The summed E-state index contributed by atoms with van der Waals surface area (Å²) in [6.07, 6.45) is -0.786. The Balaban J connectivity index is 1.41. The van der Waals surface area contributed by atoms with Gasteiger partial charge in [-0.3, -0.25) is 4.90 Å². The fourth-order valence-electron chi connectivity index (χ4n) is 5.13. The van der Waals surface area contributed by atoms with Crippen LogP contribution in [0.1, 0.15) is 22.3 Å². The Morgan fingerprint density at radius 2 is 1.00 bits per heavy atom. The molecule has 4 atom stereocenters. The summed E-state index contributed by atoms with van der Waals surface area (Å²) in [7, 11) is 0. The fourth-order valence-corrected chi connectivity index (χ4v) is 5.13. The maximum Gasteiger partial charge on any atom is 0.128 e. The molecule has 39 heavy (non-hydrogen) atoms. The smallest absolute Gasteiger partial charge is 0.128 e. The number of nitriles is 1. The number of benzene rings is 4. The van der Waals surface area contributed by atoms with Crippen molar-refractivity contribution in [1.82, 2.24) is 4.90 Å². The van der Waals surface area contributed by atoms with Gasteiger partial charge in [0, 0.05) is 6.54 Å². The number of hydrogen-bond donors (Lipinski definition) is 0. The summed E-state index contributed by atoms with van der Waals surface area (Å²) in [5.74, 6) is 0. The van der Waals surface area contributed by atoms with Crippen molar-refractivity contribution in [2.45, 2.75) is 50.7 Å². The average molecular weight is 519 g/mol. The van der Waals surface area contributed by atoms with Crippen LogP contribution in [0.4, 0.5) is 0 Å². The monoisotopic (exact) mass is 518 g/mol. The topological polar surface area (TPSA) is 54.7 Å². The Hall–Kier alpha value is -3.79. The van der Waals surface area contributed by atoms with Gasteiger partial charge in [-0.25, -0.2) is 0 Å². The molecule has 0 radical (unpaired) electrons. The zero-order chi connectivity index (χ0) is 26.7. The Kier molecular flexibility index (Phi) is 9.51. The first-order chi connectivity index (χ1) is 19.3. The molecular formula is C34H34N2O3. The molecule has 5 rings (SSSR count). The molecule has 0 unspecified atom stereocenters. The lowest BCUT2D eigenvalue weighted by Crippen LogP contribution is -2.42. The van der Waals surface area contributed by atoms with Crippen LogP contribution in [-0.2, 0) is 40.6 Å².